The lowest BCUT2D eigenvalue weighted by Gasteiger charge is -2.29. The summed E-state index contributed by atoms with van der Waals surface area (Å²) in [5.41, 5.74) is 3.50. The molecular weight excluding hydrogens is 414 g/mol. The minimum Gasteiger partial charge on any atom is -0.497 e. The molecule has 0 saturated carbocycles. The molecule has 0 atom stereocenters. The van der Waals surface area contributed by atoms with Gasteiger partial charge < -0.3 is 9.64 Å². The summed E-state index contributed by atoms with van der Waals surface area (Å²) in [6, 6.07) is 18.8. The van der Waals surface area contributed by atoms with Crippen molar-refractivity contribution in [2.24, 2.45) is 0 Å². The van der Waals surface area contributed by atoms with Crippen LogP contribution < -0.4 is 9.64 Å². The molecule has 0 unspecified atom stereocenters. The number of benzene rings is 2. The molecule has 2 aromatic carbocycles. The van der Waals surface area contributed by atoms with Crippen LogP contribution in [0.25, 0.3) is 21.3 Å². The third-order valence-corrected chi connectivity index (χ3v) is 6.32. The van der Waals surface area contributed by atoms with Gasteiger partial charge in [0.2, 0.25) is 5.28 Å². The molecule has 0 aliphatic carbocycles. The zero-order valence-electron chi connectivity index (χ0n) is 17.5. The van der Waals surface area contributed by atoms with Crippen molar-refractivity contribution in [1.82, 2.24) is 9.97 Å². The summed E-state index contributed by atoms with van der Waals surface area (Å²) in [6.07, 6.45) is 0. The SMILES string of the molecule is COc1ccc(-c2c(C)sc3nc(Cl)nc(N(Cc4ccccc4)C(C)C)c23)cc1. The largest absolute Gasteiger partial charge is 0.497 e. The molecule has 0 saturated heterocycles. The fourth-order valence-electron chi connectivity index (χ4n) is 3.66. The van der Waals surface area contributed by atoms with Gasteiger partial charge in [0.1, 0.15) is 16.4 Å². The summed E-state index contributed by atoms with van der Waals surface area (Å²) < 4.78 is 5.33. The Morgan fingerprint density at radius 1 is 1.03 bits per heavy atom. The highest BCUT2D eigenvalue weighted by atomic mass is 35.5. The van der Waals surface area contributed by atoms with E-state index < -0.39 is 0 Å². The minimum atomic E-state index is 0.239. The van der Waals surface area contributed by atoms with Crippen LogP contribution in [0.3, 0.4) is 0 Å². The van der Waals surface area contributed by atoms with Gasteiger partial charge in [0.25, 0.3) is 0 Å². The Balaban J connectivity index is 1.91. The van der Waals surface area contributed by atoms with Crippen LogP contribution in [0.5, 0.6) is 5.75 Å². The molecule has 2 aromatic heterocycles. The number of nitrogens with zero attached hydrogens (tertiary/aromatic N) is 3. The maximum atomic E-state index is 6.36. The molecule has 0 aliphatic heterocycles. The molecule has 0 amide bonds. The van der Waals surface area contributed by atoms with Crippen LogP contribution in [0.2, 0.25) is 5.28 Å². The average Bonchev–Trinajstić information content (AvgIpc) is 3.07. The molecule has 0 aliphatic rings. The highest BCUT2D eigenvalue weighted by Gasteiger charge is 2.23. The first-order valence-electron chi connectivity index (χ1n) is 9.89. The van der Waals surface area contributed by atoms with Gasteiger partial charge in [-0.1, -0.05) is 42.5 Å². The maximum absolute atomic E-state index is 6.36. The second kappa shape index (κ2) is 8.62. The number of hydrogen-bond donors (Lipinski definition) is 0. The van der Waals surface area contributed by atoms with Gasteiger partial charge in [-0.2, -0.15) is 4.98 Å². The Morgan fingerprint density at radius 2 is 1.73 bits per heavy atom. The van der Waals surface area contributed by atoms with Gasteiger partial charge in [-0.15, -0.1) is 11.3 Å². The minimum absolute atomic E-state index is 0.239. The standard InChI is InChI=1S/C24H24ClN3OS/c1-15(2)28(14-17-8-6-5-7-9-17)22-21-20(18-10-12-19(29-4)13-11-18)16(3)30-23(21)27-24(25)26-22/h5-13,15H,14H2,1-4H3. The van der Waals surface area contributed by atoms with Crippen molar-refractivity contribution in [3.63, 3.8) is 0 Å². The lowest BCUT2D eigenvalue weighted by atomic mass is 10.0. The molecule has 0 N–H and O–H groups in total. The Labute approximate surface area is 186 Å². The van der Waals surface area contributed by atoms with Gasteiger partial charge in [0.05, 0.1) is 12.5 Å². The Kier molecular flexibility index (Phi) is 5.93. The molecule has 30 heavy (non-hydrogen) atoms. The highest BCUT2D eigenvalue weighted by Crippen LogP contribution is 2.43. The third-order valence-electron chi connectivity index (χ3n) is 5.15. The Hall–Kier alpha value is -2.63. The number of aryl methyl sites for hydroxylation is 1. The van der Waals surface area contributed by atoms with Crippen LogP contribution in [-0.4, -0.2) is 23.1 Å². The van der Waals surface area contributed by atoms with Crippen molar-refractivity contribution < 1.29 is 4.74 Å². The number of halogens is 1. The van der Waals surface area contributed by atoms with Crippen LogP contribution >= 0.6 is 22.9 Å². The number of aromatic nitrogens is 2. The second-order valence-electron chi connectivity index (χ2n) is 7.47. The molecular formula is C24H24ClN3OS. The normalized spacial score (nSPS) is 11.3. The third kappa shape index (κ3) is 4.00. The number of ether oxygens (including phenoxy) is 1. The first-order chi connectivity index (χ1) is 14.5. The van der Waals surface area contributed by atoms with Gasteiger partial charge in [-0.25, -0.2) is 4.98 Å². The van der Waals surface area contributed by atoms with Crippen molar-refractivity contribution in [3.8, 4) is 16.9 Å². The zero-order chi connectivity index (χ0) is 21.3. The number of fused-ring (bicyclic) bond motifs is 1. The van der Waals surface area contributed by atoms with Gasteiger partial charge in [-0.3, -0.25) is 0 Å². The summed E-state index contributed by atoms with van der Waals surface area (Å²) in [5, 5.41) is 1.33. The van der Waals surface area contributed by atoms with Crippen molar-refractivity contribution in [2.45, 2.75) is 33.4 Å². The topological polar surface area (TPSA) is 38.3 Å². The molecule has 0 spiro atoms. The highest BCUT2D eigenvalue weighted by molar-refractivity contribution is 7.19. The van der Waals surface area contributed by atoms with Crippen molar-refractivity contribution in [3.05, 3.63) is 70.3 Å². The van der Waals surface area contributed by atoms with E-state index in [1.165, 1.54) is 10.4 Å². The van der Waals surface area contributed by atoms with Crippen LogP contribution in [0.1, 0.15) is 24.3 Å². The molecule has 0 fully saturated rings. The van der Waals surface area contributed by atoms with Crippen LogP contribution in [0, 0.1) is 6.92 Å². The summed E-state index contributed by atoms with van der Waals surface area (Å²) in [6.45, 7) is 7.23. The molecule has 4 aromatic rings. The van der Waals surface area contributed by atoms with E-state index >= 15 is 0 Å². The molecule has 4 rings (SSSR count). The fourth-order valence-corrected chi connectivity index (χ4v) is 4.92. The maximum Gasteiger partial charge on any atom is 0.225 e. The van der Waals surface area contributed by atoms with Crippen LogP contribution in [0.15, 0.2) is 54.6 Å². The number of thiophene rings is 1. The van der Waals surface area contributed by atoms with Crippen molar-refractivity contribution in [2.75, 3.05) is 12.0 Å². The number of methoxy groups -OCH3 is 1. The lowest BCUT2D eigenvalue weighted by molar-refractivity contribution is 0.415. The first kappa shape index (κ1) is 20.6. The molecule has 0 radical (unpaired) electrons. The summed E-state index contributed by atoms with van der Waals surface area (Å²) in [4.78, 5) is 13.7. The monoisotopic (exact) mass is 437 g/mol. The van der Waals surface area contributed by atoms with E-state index in [2.05, 4.69) is 67.1 Å². The van der Waals surface area contributed by atoms with E-state index in [-0.39, 0.29) is 11.3 Å². The number of anilines is 1. The van der Waals surface area contributed by atoms with Crippen molar-refractivity contribution in [1.29, 1.82) is 0 Å². The van der Waals surface area contributed by atoms with Gasteiger partial charge in [-0.05, 0) is 55.6 Å². The van der Waals surface area contributed by atoms with Crippen LogP contribution in [0.4, 0.5) is 5.82 Å². The smallest absolute Gasteiger partial charge is 0.225 e. The Morgan fingerprint density at radius 3 is 2.37 bits per heavy atom. The zero-order valence-corrected chi connectivity index (χ0v) is 19.1. The van der Waals surface area contributed by atoms with Crippen LogP contribution in [-0.2, 0) is 6.54 Å². The summed E-state index contributed by atoms with van der Waals surface area (Å²) in [5.74, 6) is 1.71. The van der Waals surface area contributed by atoms with E-state index in [0.29, 0.717) is 0 Å². The molecule has 154 valence electrons. The quantitative estimate of drug-likeness (QED) is 0.313. The summed E-state index contributed by atoms with van der Waals surface area (Å²) >= 11 is 8.02. The van der Waals surface area contributed by atoms with Gasteiger partial charge in [0.15, 0.2) is 0 Å². The van der Waals surface area contributed by atoms with Gasteiger partial charge >= 0.3 is 0 Å². The van der Waals surface area contributed by atoms with Gasteiger partial charge in [0, 0.05) is 23.0 Å². The van der Waals surface area contributed by atoms with E-state index in [1.54, 1.807) is 18.4 Å². The Bertz CT molecular complexity index is 1160. The predicted molar refractivity (Wildman–Crippen MR) is 127 cm³/mol. The van der Waals surface area contributed by atoms with E-state index in [4.69, 9.17) is 21.3 Å². The predicted octanol–water partition coefficient (Wildman–Crippen LogP) is 6.74. The van der Waals surface area contributed by atoms with E-state index in [0.717, 1.165) is 39.5 Å². The lowest BCUT2D eigenvalue weighted by Crippen LogP contribution is -2.31. The average molecular weight is 438 g/mol. The number of rotatable bonds is 6. The number of hydrogen-bond acceptors (Lipinski definition) is 5. The molecule has 0 bridgehead atoms. The molecule has 2 heterocycles. The van der Waals surface area contributed by atoms with E-state index in [1.807, 2.05) is 18.2 Å². The summed E-state index contributed by atoms with van der Waals surface area (Å²) in [7, 11) is 1.68. The van der Waals surface area contributed by atoms with Crippen molar-refractivity contribution >= 4 is 39.0 Å². The molecule has 4 nitrogen and oxygen atoms in total. The molecule has 6 heteroatoms. The first-order valence-corrected chi connectivity index (χ1v) is 11.1. The van der Waals surface area contributed by atoms with E-state index in [9.17, 15) is 0 Å². The second-order valence-corrected chi connectivity index (χ2v) is 9.01. The fraction of sp³-hybridized carbons (Fsp3) is 0.250.